The summed E-state index contributed by atoms with van der Waals surface area (Å²) >= 11 is 5.61. The molecule has 4 nitrogen and oxygen atoms in total. The van der Waals surface area contributed by atoms with Crippen LogP contribution in [-0.4, -0.2) is 23.3 Å². The fraction of sp³-hybridized carbons (Fsp3) is 0.222. The Morgan fingerprint density at radius 2 is 2.20 bits per heavy atom. The van der Waals surface area contributed by atoms with Crippen molar-refractivity contribution >= 4 is 17.6 Å². The van der Waals surface area contributed by atoms with Gasteiger partial charge in [0.1, 0.15) is 11.6 Å². The van der Waals surface area contributed by atoms with Crippen LogP contribution >= 0.6 is 11.6 Å². The van der Waals surface area contributed by atoms with Gasteiger partial charge in [-0.1, -0.05) is 11.6 Å². The van der Waals surface area contributed by atoms with Gasteiger partial charge in [-0.25, -0.2) is 9.18 Å². The SMILES string of the molecule is COc1c(Cl)cc(F)cc1C(O)C(=O)O. The Kier molecular flexibility index (Phi) is 3.49. The Balaban J connectivity index is 3.32. The summed E-state index contributed by atoms with van der Waals surface area (Å²) in [7, 11) is 1.25. The number of carboxylic acid groups (broad SMARTS) is 1. The number of carboxylic acids is 1. The maximum Gasteiger partial charge on any atom is 0.337 e. The molecule has 0 heterocycles. The number of carbonyl (C=O) groups is 1. The molecule has 6 heteroatoms. The summed E-state index contributed by atoms with van der Waals surface area (Å²) in [6.07, 6.45) is -1.87. The van der Waals surface area contributed by atoms with Crippen molar-refractivity contribution in [3.8, 4) is 5.75 Å². The number of aliphatic carboxylic acids is 1. The van der Waals surface area contributed by atoms with Gasteiger partial charge in [-0.05, 0) is 12.1 Å². The number of aliphatic hydroxyl groups excluding tert-OH is 1. The molecule has 1 rings (SSSR count). The van der Waals surface area contributed by atoms with Gasteiger partial charge in [-0.2, -0.15) is 0 Å². The second-order valence-corrected chi connectivity index (χ2v) is 3.16. The van der Waals surface area contributed by atoms with E-state index in [0.29, 0.717) is 0 Å². The summed E-state index contributed by atoms with van der Waals surface area (Å²) < 4.78 is 17.7. The van der Waals surface area contributed by atoms with Crippen molar-refractivity contribution in [3.05, 3.63) is 28.5 Å². The Labute approximate surface area is 89.9 Å². The Morgan fingerprint density at radius 3 is 2.67 bits per heavy atom. The standard InChI is InChI=1S/C9H8ClFO4/c1-15-8-5(7(12)9(13)14)2-4(11)3-6(8)10/h2-3,7,12H,1H3,(H,13,14). The fourth-order valence-corrected chi connectivity index (χ4v) is 1.42. The van der Waals surface area contributed by atoms with Gasteiger partial charge in [0.25, 0.3) is 0 Å². The van der Waals surface area contributed by atoms with Gasteiger partial charge in [-0.15, -0.1) is 0 Å². The van der Waals surface area contributed by atoms with Gasteiger partial charge in [0.15, 0.2) is 6.10 Å². The molecule has 0 radical (unpaired) electrons. The predicted octanol–water partition coefficient (Wildman–Crippen LogP) is 1.61. The van der Waals surface area contributed by atoms with Crippen molar-refractivity contribution in [2.75, 3.05) is 7.11 Å². The number of halogens is 2. The number of ether oxygens (including phenoxy) is 1. The van der Waals surface area contributed by atoms with Crippen LogP contribution in [0.2, 0.25) is 5.02 Å². The molecular weight excluding hydrogens is 227 g/mol. The summed E-state index contributed by atoms with van der Waals surface area (Å²) in [6, 6.07) is 1.84. The first-order valence-electron chi connectivity index (χ1n) is 3.91. The molecule has 1 aromatic carbocycles. The highest BCUT2D eigenvalue weighted by Crippen LogP contribution is 2.33. The first-order valence-corrected chi connectivity index (χ1v) is 4.29. The zero-order valence-electron chi connectivity index (χ0n) is 7.70. The molecule has 1 unspecified atom stereocenters. The van der Waals surface area contributed by atoms with Gasteiger partial charge < -0.3 is 14.9 Å². The third-order valence-corrected chi connectivity index (χ3v) is 2.05. The number of methoxy groups -OCH3 is 1. The van der Waals surface area contributed by atoms with E-state index in [-0.39, 0.29) is 16.3 Å². The van der Waals surface area contributed by atoms with Gasteiger partial charge in [0, 0.05) is 5.56 Å². The highest BCUT2D eigenvalue weighted by molar-refractivity contribution is 6.32. The van der Waals surface area contributed by atoms with Crippen LogP contribution in [0.5, 0.6) is 5.75 Å². The lowest BCUT2D eigenvalue weighted by molar-refractivity contribution is -0.147. The van der Waals surface area contributed by atoms with Crippen molar-refractivity contribution in [2.24, 2.45) is 0 Å². The van der Waals surface area contributed by atoms with Crippen LogP contribution in [0.25, 0.3) is 0 Å². The monoisotopic (exact) mass is 234 g/mol. The Hall–Kier alpha value is -1.33. The predicted molar refractivity (Wildman–Crippen MR) is 50.6 cm³/mol. The third kappa shape index (κ3) is 2.37. The molecule has 2 N–H and O–H groups in total. The smallest absolute Gasteiger partial charge is 0.337 e. The van der Waals surface area contributed by atoms with Crippen molar-refractivity contribution < 1.29 is 24.1 Å². The number of aliphatic hydroxyl groups is 1. The van der Waals surface area contributed by atoms with E-state index in [0.717, 1.165) is 12.1 Å². The van der Waals surface area contributed by atoms with Crippen molar-refractivity contribution in [2.45, 2.75) is 6.10 Å². The molecule has 82 valence electrons. The second kappa shape index (κ2) is 4.46. The van der Waals surface area contributed by atoms with Crippen LogP contribution in [0.1, 0.15) is 11.7 Å². The number of rotatable bonds is 3. The number of hydrogen-bond donors (Lipinski definition) is 2. The maximum atomic E-state index is 12.9. The van der Waals surface area contributed by atoms with E-state index in [1.807, 2.05) is 0 Å². The van der Waals surface area contributed by atoms with E-state index >= 15 is 0 Å². The minimum Gasteiger partial charge on any atom is -0.495 e. The van der Waals surface area contributed by atoms with Crippen LogP contribution in [0.3, 0.4) is 0 Å². The molecule has 0 aliphatic carbocycles. The molecular formula is C9H8ClFO4. The molecule has 0 saturated carbocycles. The highest BCUT2D eigenvalue weighted by atomic mass is 35.5. The summed E-state index contributed by atoms with van der Waals surface area (Å²) in [6.45, 7) is 0. The normalized spacial score (nSPS) is 12.3. The average Bonchev–Trinajstić information content (AvgIpc) is 2.15. The molecule has 0 spiro atoms. The quantitative estimate of drug-likeness (QED) is 0.834. The minimum absolute atomic E-state index is 0.0482. The summed E-state index contributed by atoms with van der Waals surface area (Å²) in [4.78, 5) is 10.5. The molecule has 0 aliphatic heterocycles. The van der Waals surface area contributed by atoms with Crippen LogP contribution in [-0.2, 0) is 4.79 Å². The van der Waals surface area contributed by atoms with Gasteiger partial charge in [0.2, 0.25) is 0 Å². The van der Waals surface area contributed by atoms with Crippen LogP contribution in [0.4, 0.5) is 4.39 Å². The molecule has 1 atom stereocenters. The van der Waals surface area contributed by atoms with E-state index in [1.54, 1.807) is 0 Å². The van der Waals surface area contributed by atoms with Crippen molar-refractivity contribution in [1.29, 1.82) is 0 Å². The van der Waals surface area contributed by atoms with Crippen LogP contribution in [0.15, 0.2) is 12.1 Å². The summed E-state index contributed by atoms with van der Waals surface area (Å²) in [5.41, 5.74) is -0.213. The van der Waals surface area contributed by atoms with E-state index in [1.165, 1.54) is 7.11 Å². The number of benzene rings is 1. The molecule has 0 fully saturated rings. The molecule has 0 aliphatic rings. The zero-order valence-corrected chi connectivity index (χ0v) is 8.45. The first kappa shape index (κ1) is 11.7. The van der Waals surface area contributed by atoms with E-state index in [9.17, 15) is 14.3 Å². The van der Waals surface area contributed by atoms with Gasteiger partial charge in [0.05, 0.1) is 12.1 Å². The van der Waals surface area contributed by atoms with E-state index < -0.39 is 17.9 Å². The summed E-state index contributed by atoms with van der Waals surface area (Å²) in [5.74, 6) is -2.29. The highest BCUT2D eigenvalue weighted by Gasteiger charge is 2.23. The molecule has 0 amide bonds. The Bertz CT molecular complexity index is 394. The maximum absolute atomic E-state index is 12.9. The topological polar surface area (TPSA) is 66.8 Å². The van der Waals surface area contributed by atoms with E-state index in [2.05, 4.69) is 0 Å². The summed E-state index contributed by atoms with van der Waals surface area (Å²) in [5, 5.41) is 17.7. The molecule has 0 aromatic heterocycles. The van der Waals surface area contributed by atoms with Gasteiger partial charge >= 0.3 is 5.97 Å². The molecule has 1 aromatic rings. The van der Waals surface area contributed by atoms with E-state index in [4.69, 9.17) is 21.4 Å². The fourth-order valence-electron chi connectivity index (χ4n) is 1.13. The molecule has 15 heavy (non-hydrogen) atoms. The minimum atomic E-state index is -1.87. The Morgan fingerprint density at radius 1 is 1.60 bits per heavy atom. The van der Waals surface area contributed by atoms with Crippen molar-refractivity contribution in [3.63, 3.8) is 0 Å². The van der Waals surface area contributed by atoms with Crippen LogP contribution < -0.4 is 4.74 Å². The third-order valence-electron chi connectivity index (χ3n) is 1.77. The molecule has 0 saturated heterocycles. The lowest BCUT2D eigenvalue weighted by Gasteiger charge is -2.12. The second-order valence-electron chi connectivity index (χ2n) is 2.75. The first-order chi connectivity index (χ1) is 6.97. The average molecular weight is 235 g/mol. The number of hydrogen-bond acceptors (Lipinski definition) is 3. The molecule has 0 bridgehead atoms. The lowest BCUT2D eigenvalue weighted by Crippen LogP contribution is -2.12. The van der Waals surface area contributed by atoms with Crippen molar-refractivity contribution in [1.82, 2.24) is 0 Å². The zero-order chi connectivity index (χ0) is 11.6. The largest absolute Gasteiger partial charge is 0.495 e. The van der Waals surface area contributed by atoms with Gasteiger partial charge in [-0.3, -0.25) is 0 Å². The van der Waals surface area contributed by atoms with Crippen LogP contribution in [0, 0.1) is 5.82 Å². The lowest BCUT2D eigenvalue weighted by atomic mass is 10.1.